The van der Waals surface area contributed by atoms with Crippen molar-refractivity contribution < 1.29 is 0 Å². The summed E-state index contributed by atoms with van der Waals surface area (Å²) >= 11 is 0. The second-order valence-electron chi connectivity index (χ2n) is 14.4. The van der Waals surface area contributed by atoms with Gasteiger partial charge in [0.25, 0.3) is 0 Å². The highest BCUT2D eigenvalue weighted by molar-refractivity contribution is 6.23. The van der Waals surface area contributed by atoms with Crippen LogP contribution in [0, 0.1) is 0 Å². The molecule has 0 unspecified atom stereocenters. The first kappa shape index (κ1) is 46.2. The van der Waals surface area contributed by atoms with Crippen LogP contribution in [0.1, 0.15) is 68.2 Å². The lowest BCUT2D eigenvalue weighted by Gasteiger charge is -2.35. The molecule has 2 nitrogen and oxygen atoms in total. The maximum atomic E-state index is 2.44. The Balaban J connectivity index is 0.000000671. The zero-order valence-corrected chi connectivity index (χ0v) is 38.1. The SMILES string of the molecule is CC.CC.CCC.CCC.c1ccc(-c2ccc(N(c3ccccc3)c3c(N(c4ccccc4)c4ccc(-c5ccccc5)cc4)c4ccccc4c4ccccc34)cc2)cc1. The number of rotatable bonds is 8. The lowest BCUT2D eigenvalue weighted by atomic mass is 9.95. The smallest absolute Gasteiger partial charge is 0.0788 e. The van der Waals surface area contributed by atoms with Crippen molar-refractivity contribution in [2.45, 2.75) is 68.2 Å². The van der Waals surface area contributed by atoms with Gasteiger partial charge in [-0.05, 0) is 81.6 Å². The molecule has 0 amide bonds. The fraction of sp³-hybridized carbons (Fsp3) is 0.167. The van der Waals surface area contributed by atoms with Crippen LogP contribution in [-0.4, -0.2) is 0 Å². The van der Waals surface area contributed by atoms with Crippen molar-refractivity contribution in [2.24, 2.45) is 0 Å². The van der Waals surface area contributed by atoms with Crippen molar-refractivity contribution >= 4 is 55.7 Å². The minimum atomic E-state index is 1.08. The van der Waals surface area contributed by atoms with E-state index in [2.05, 4.69) is 256 Å². The largest absolute Gasteiger partial charge is 0.308 e. The molecule has 0 saturated carbocycles. The van der Waals surface area contributed by atoms with Gasteiger partial charge in [-0.1, -0.05) is 238 Å². The van der Waals surface area contributed by atoms with Gasteiger partial charge in [-0.3, -0.25) is 0 Å². The Bertz CT molecular complexity index is 2430. The van der Waals surface area contributed by atoms with Crippen molar-refractivity contribution in [3.63, 3.8) is 0 Å². The van der Waals surface area contributed by atoms with Gasteiger partial charge in [0.05, 0.1) is 11.4 Å². The van der Waals surface area contributed by atoms with Gasteiger partial charge >= 0.3 is 0 Å². The summed E-state index contributed by atoms with van der Waals surface area (Å²) < 4.78 is 0. The molecule has 0 spiro atoms. The molecule has 0 aliphatic rings. The summed E-state index contributed by atoms with van der Waals surface area (Å²) in [5.74, 6) is 0. The van der Waals surface area contributed by atoms with E-state index < -0.39 is 0 Å². The fourth-order valence-corrected chi connectivity index (χ4v) is 7.39. The summed E-state index contributed by atoms with van der Waals surface area (Å²) in [5, 5.41) is 4.78. The Hall–Kier alpha value is -6.90. The molecule has 0 aromatic heterocycles. The summed E-state index contributed by atoms with van der Waals surface area (Å²) in [6.07, 6.45) is 2.50. The van der Waals surface area contributed by atoms with Crippen LogP contribution in [-0.2, 0) is 0 Å². The van der Waals surface area contributed by atoms with Crippen LogP contribution in [0.25, 0.3) is 43.8 Å². The van der Waals surface area contributed by atoms with Crippen molar-refractivity contribution in [2.75, 3.05) is 9.80 Å². The van der Waals surface area contributed by atoms with Gasteiger partial charge in [-0.2, -0.15) is 0 Å². The van der Waals surface area contributed by atoms with E-state index in [1.807, 2.05) is 27.7 Å². The first-order chi connectivity index (χ1) is 30.7. The molecule has 0 aliphatic heterocycles. The first-order valence-electron chi connectivity index (χ1n) is 22.6. The van der Waals surface area contributed by atoms with Crippen LogP contribution < -0.4 is 9.80 Å². The summed E-state index contributed by atoms with van der Waals surface area (Å²) in [6, 6.07) is 78.3. The van der Waals surface area contributed by atoms with Gasteiger partial charge in [-0.25, -0.2) is 0 Å². The predicted molar refractivity (Wildman–Crippen MR) is 276 cm³/mol. The highest BCUT2D eigenvalue weighted by atomic mass is 15.2. The number of benzene rings is 9. The second kappa shape index (κ2) is 24.4. The Morgan fingerprint density at radius 2 is 0.452 bits per heavy atom. The zero-order chi connectivity index (χ0) is 44.1. The molecule has 0 saturated heterocycles. The zero-order valence-electron chi connectivity index (χ0n) is 38.1. The Morgan fingerprint density at radius 3 is 0.742 bits per heavy atom. The molecular weight excluding hydrogens is 749 g/mol. The summed E-state index contributed by atoms with van der Waals surface area (Å²) in [5.41, 5.74) is 11.3. The molecule has 9 aromatic rings. The number of hydrogen-bond donors (Lipinski definition) is 0. The van der Waals surface area contributed by atoms with Gasteiger partial charge in [0.2, 0.25) is 0 Å². The van der Waals surface area contributed by atoms with E-state index >= 15 is 0 Å². The molecule has 0 N–H and O–H groups in total. The summed E-state index contributed by atoms with van der Waals surface area (Å²) in [4.78, 5) is 4.88. The minimum absolute atomic E-state index is 1.08. The Morgan fingerprint density at radius 1 is 0.242 bits per heavy atom. The molecule has 0 atom stereocenters. The van der Waals surface area contributed by atoms with Gasteiger partial charge in [-0.15, -0.1) is 0 Å². The van der Waals surface area contributed by atoms with E-state index in [1.165, 1.54) is 56.6 Å². The van der Waals surface area contributed by atoms with Gasteiger partial charge in [0.1, 0.15) is 0 Å². The number of para-hydroxylation sites is 2. The summed E-state index contributed by atoms with van der Waals surface area (Å²) in [6.45, 7) is 16.5. The van der Waals surface area contributed by atoms with Gasteiger partial charge in [0.15, 0.2) is 0 Å². The molecule has 2 heteroatoms. The molecule has 0 fully saturated rings. The van der Waals surface area contributed by atoms with E-state index in [0.29, 0.717) is 0 Å². The van der Waals surface area contributed by atoms with Crippen molar-refractivity contribution in [1.82, 2.24) is 0 Å². The molecule has 0 heterocycles. The molecule has 0 bridgehead atoms. The van der Waals surface area contributed by atoms with E-state index in [-0.39, 0.29) is 0 Å². The molecule has 314 valence electrons. The molecule has 62 heavy (non-hydrogen) atoms. The number of nitrogens with zero attached hydrogens (tertiary/aromatic N) is 2. The average molecular weight is 813 g/mol. The number of anilines is 6. The molecule has 0 radical (unpaired) electrons. The van der Waals surface area contributed by atoms with Crippen LogP contribution in [0.2, 0.25) is 0 Å². The molecule has 0 aliphatic carbocycles. The van der Waals surface area contributed by atoms with E-state index in [9.17, 15) is 0 Å². The van der Waals surface area contributed by atoms with Crippen LogP contribution in [0.5, 0.6) is 0 Å². The topological polar surface area (TPSA) is 6.48 Å². The fourth-order valence-electron chi connectivity index (χ4n) is 7.39. The highest BCUT2D eigenvalue weighted by Gasteiger charge is 2.27. The molecule has 9 aromatic carbocycles. The second-order valence-corrected chi connectivity index (χ2v) is 14.4. The van der Waals surface area contributed by atoms with Crippen LogP contribution in [0.3, 0.4) is 0 Å². The predicted octanol–water partition coefficient (Wildman–Crippen LogP) is 19.2. The van der Waals surface area contributed by atoms with Crippen molar-refractivity contribution in [3.05, 3.63) is 218 Å². The molecule has 9 rings (SSSR count). The van der Waals surface area contributed by atoms with Gasteiger partial charge < -0.3 is 9.80 Å². The normalized spacial score (nSPS) is 10.1. The Labute approximate surface area is 372 Å². The third-order valence-electron chi connectivity index (χ3n) is 9.82. The van der Waals surface area contributed by atoms with Crippen LogP contribution >= 0.6 is 0 Å². The third-order valence-corrected chi connectivity index (χ3v) is 9.82. The lowest BCUT2D eigenvalue weighted by Crippen LogP contribution is -2.18. The van der Waals surface area contributed by atoms with Crippen molar-refractivity contribution in [1.29, 1.82) is 0 Å². The maximum Gasteiger partial charge on any atom is 0.0788 e. The standard InChI is InChI=1S/C50H36N2.2C3H8.2C2H6/c1-5-17-37(18-6-1)39-29-33-43(34-30-39)51(41-21-9-3-10-22-41)49-47-27-15-13-25-45(47)46-26-14-16-28-48(46)50(49)52(42-23-11-4-12-24-42)44-35-31-40(32-36-44)38-19-7-2-8-20-38;2*1-3-2;2*1-2/h1-36H;2*3H2,1-2H3;2*1-2H3. The van der Waals surface area contributed by atoms with E-state index in [0.717, 1.165) is 34.1 Å². The maximum absolute atomic E-state index is 2.44. The first-order valence-corrected chi connectivity index (χ1v) is 22.6. The number of hydrogen-bond acceptors (Lipinski definition) is 2. The van der Waals surface area contributed by atoms with Crippen LogP contribution in [0.15, 0.2) is 218 Å². The lowest BCUT2D eigenvalue weighted by molar-refractivity contribution is 1.09. The van der Waals surface area contributed by atoms with Crippen molar-refractivity contribution in [3.8, 4) is 22.3 Å². The van der Waals surface area contributed by atoms with Gasteiger partial charge in [0, 0.05) is 33.5 Å². The highest BCUT2D eigenvalue weighted by Crippen LogP contribution is 2.53. The summed E-state index contributed by atoms with van der Waals surface area (Å²) in [7, 11) is 0. The molecular formula is C60H64N2. The average Bonchev–Trinajstić information content (AvgIpc) is 3.36. The Kier molecular flexibility index (Phi) is 18.2. The van der Waals surface area contributed by atoms with E-state index in [1.54, 1.807) is 0 Å². The van der Waals surface area contributed by atoms with Crippen LogP contribution in [0.4, 0.5) is 34.1 Å². The monoisotopic (exact) mass is 813 g/mol. The quantitative estimate of drug-likeness (QED) is 0.111. The van der Waals surface area contributed by atoms with E-state index in [4.69, 9.17) is 0 Å². The minimum Gasteiger partial charge on any atom is -0.308 e. The number of fused-ring (bicyclic) bond motifs is 3. The third kappa shape index (κ3) is 10.9.